The van der Waals surface area contributed by atoms with Crippen LogP contribution in [-0.2, 0) is 4.79 Å². The molecule has 0 saturated heterocycles. The van der Waals surface area contributed by atoms with Crippen LogP contribution in [0.25, 0.3) is 5.76 Å². The van der Waals surface area contributed by atoms with E-state index >= 15 is 0 Å². The van der Waals surface area contributed by atoms with E-state index in [4.69, 9.17) is 5.26 Å². The quantitative estimate of drug-likeness (QED) is 0.438. The first kappa shape index (κ1) is 10.0. The highest BCUT2D eigenvalue weighted by molar-refractivity contribution is 6.03. The van der Waals surface area contributed by atoms with Crippen LogP contribution >= 0.6 is 0 Å². The summed E-state index contributed by atoms with van der Waals surface area (Å²) in [5, 5.41) is 18.2. The first-order chi connectivity index (χ1) is 6.66. The molecule has 0 aliphatic rings. The Morgan fingerprint density at radius 3 is 2.36 bits per heavy atom. The van der Waals surface area contributed by atoms with E-state index in [9.17, 15) is 9.90 Å². The van der Waals surface area contributed by atoms with Crippen LogP contribution < -0.4 is 0 Å². The summed E-state index contributed by atoms with van der Waals surface area (Å²) in [6.45, 7) is 1.25. The van der Waals surface area contributed by atoms with Crippen LogP contribution in [0.3, 0.4) is 0 Å². The summed E-state index contributed by atoms with van der Waals surface area (Å²) in [4.78, 5) is 10.9. The topological polar surface area (TPSA) is 61.1 Å². The molecule has 0 bridgehead atoms. The third-order valence-corrected chi connectivity index (χ3v) is 1.75. The van der Waals surface area contributed by atoms with Crippen molar-refractivity contribution in [2.45, 2.75) is 6.92 Å². The van der Waals surface area contributed by atoms with Crippen molar-refractivity contribution in [3.05, 3.63) is 41.5 Å². The van der Waals surface area contributed by atoms with Gasteiger partial charge in [0.25, 0.3) is 0 Å². The Hall–Kier alpha value is -2.08. The first-order valence-corrected chi connectivity index (χ1v) is 4.06. The zero-order valence-corrected chi connectivity index (χ0v) is 7.69. The Morgan fingerprint density at radius 2 is 1.93 bits per heavy atom. The first-order valence-electron chi connectivity index (χ1n) is 4.06. The number of nitriles is 1. The SMILES string of the molecule is CC(=O)C(C#N)=C(O)c1ccccc1. The molecule has 0 atom stereocenters. The maximum absolute atomic E-state index is 10.9. The molecule has 0 unspecified atom stereocenters. The maximum Gasteiger partial charge on any atom is 0.174 e. The van der Waals surface area contributed by atoms with Gasteiger partial charge >= 0.3 is 0 Å². The molecule has 1 N–H and O–H groups in total. The second-order valence-corrected chi connectivity index (χ2v) is 2.76. The number of carbonyl (C=O) groups is 1. The number of aliphatic hydroxyl groups excluding tert-OH is 1. The highest BCUT2D eigenvalue weighted by atomic mass is 16.3. The zero-order chi connectivity index (χ0) is 10.6. The van der Waals surface area contributed by atoms with Gasteiger partial charge in [-0.2, -0.15) is 5.26 Å². The van der Waals surface area contributed by atoms with Gasteiger partial charge in [-0.15, -0.1) is 0 Å². The molecule has 0 aliphatic heterocycles. The van der Waals surface area contributed by atoms with Gasteiger partial charge in [0.05, 0.1) is 0 Å². The second-order valence-electron chi connectivity index (χ2n) is 2.76. The molecule has 0 radical (unpaired) electrons. The van der Waals surface area contributed by atoms with E-state index in [1.807, 2.05) is 0 Å². The Morgan fingerprint density at radius 1 is 1.36 bits per heavy atom. The number of nitrogens with zero attached hydrogens (tertiary/aromatic N) is 1. The Labute approximate surface area is 81.9 Å². The minimum Gasteiger partial charge on any atom is -0.506 e. The van der Waals surface area contributed by atoms with Gasteiger partial charge in [-0.3, -0.25) is 4.79 Å². The van der Waals surface area contributed by atoms with Crippen LogP contribution in [0.4, 0.5) is 0 Å². The van der Waals surface area contributed by atoms with Crippen LogP contribution in [0.2, 0.25) is 0 Å². The molecule has 14 heavy (non-hydrogen) atoms. The molecular weight excluding hydrogens is 178 g/mol. The summed E-state index contributed by atoms with van der Waals surface area (Å²) in [6.07, 6.45) is 0. The largest absolute Gasteiger partial charge is 0.506 e. The highest BCUT2D eigenvalue weighted by Crippen LogP contribution is 2.15. The number of aliphatic hydroxyl groups is 1. The standard InChI is InChI=1S/C11H9NO2/c1-8(13)10(7-12)11(14)9-5-3-2-4-6-9/h2-6,14H,1H3. The molecule has 70 valence electrons. The molecule has 0 fully saturated rings. The van der Waals surface area contributed by atoms with Gasteiger partial charge in [-0.1, -0.05) is 30.3 Å². The van der Waals surface area contributed by atoms with Crippen LogP contribution in [0.5, 0.6) is 0 Å². The molecule has 0 aromatic heterocycles. The number of hydrogen-bond acceptors (Lipinski definition) is 3. The van der Waals surface area contributed by atoms with Crippen molar-refractivity contribution in [3.63, 3.8) is 0 Å². The molecule has 0 spiro atoms. The summed E-state index contributed by atoms with van der Waals surface area (Å²) in [5.74, 6) is -0.700. The second kappa shape index (κ2) is 4.24. The number of ketones is 1. The van der Waals surface area contributed by atoms with Crippen LogP contribution in [0.15, 0.2) is 35.9 Å². The number of rotatable bonds is 2. The van der Waals surface area contributed by atoms with Crippen LogP contribution in [0.1, 0.15) is 12.5 Å². The summed E-state index contributed by atoms with van der Waals surface area (Å²) in [6, 6.07) is 10.2. The summed E-state index contributed by atoms with van der Waals surface area (Å²) < 4.78 is 0. The smallest absolute Gasteiger partial charge is 0.174 e. The van der Waals surface area contributed by atoms with Crippen molar-refractivity contribution in [1.82, 2.24) is 0 Å². The van der Waals surface area contributed by atoms with E-state index in [2.05, 4.69) is 0 Å². The molecule has 1 aromatic carbocycles. The molecule has 0 amide bonds. The number of hydrogen-bond donors (Lipinski definition) is 1. The maximum atomic E-state index is 10.9. The van der Waals surface area contributed by atoms with E-state index in [0.717, 1.165) is 0 Å². The van der Waals surface area contributed by atoms with Crippen molar-refractivity contribution in [1.29, 1.82) is 5.26 Å². The minimum absolute atomic E-state index is 0.212. The van der Waals surface area contributed by atoms with Crippen molar-refractivity contribution >= 4 is 11.5 Å². The molecule has 3 heteroatoms. The van der Waals surface area contributed by atoms with Crippen molar-refractivity contribution in [2.75, 3.05) is 0 Å². The molecule has 1 rings (SSSR count). The van der Waals surface area contributed by atoms with Gasteiger partial charge in [-0.05, 0) is 0 Å². The van der Waals surface area contributed by atoms with Gasteiger partial charge in [0.2, 0.25) is 0 Å². The Bertz CT molecular complexity index is 413. The fourth-order valence-electron chi connectivity index (χ4n) is 1.04. The van der Waals surface area contributed by atoms with E-state index in [1.54, 1.807) is 36.4 Å². The molecule has 1 aromatic rings. The van der Waals surface area contributed by atoms with Crippen molar-refractivity contribution < 1.29 is 9.90 Å². The van der Waals surface area contributed by atoms with Gasteiger partial charge in [-0.25, -0.2) is 0 Å². The summed E-state index contributed by atoms with van der Waals surface area (Å²) >= 11 is 0. The lowest BCUT2D eigenvalue weighted by Crippen LogP contribution is -1.98. The predicted molar refractivity (Wildman–Crippen MR) is 52.3 cm³/mol. The average Bonchev–Trinajstić information content (AvgIpc) is 2.19. The number of Topliss-reactive ketones (excluding diaryl/α,β-unsaturated/α-hetero) is 1. The summed E-state index contributed by atoms with van der Waals surface area (Å²) in [7, 11) is 0. The lowest BCUT2D eigenvalue weighted by atomic mass is 10.1. The normalized spacial score (nSPS) is 11.4. The van der Waals surface area contributed by atoms with Crippen LogP contribution in [-0.4, -0.2) is 10.9 Å². The summed E-state index contributed by atoms with van der Waals surface area (Å²) in [5.41, 5.74) is 0.260. The fourth-order valence-corrected chi connectivity index (χ4v) is 1.04. The lowest BCUT2D eigenvalue weighted by Gasteiger charge is -2.00. The molecular formula is C11H9NO2. The van der Waals surface area contributed by atoms with Crippen molar-refractivity contribution in [3.8, 4) is 6.07 Å². The number of benzene rings is 1. The minimum atomic E-state index is -0.436. The molecule has 0 aliphatic carbocycles. The Balaban J connectivity index is 3.23. The Kier molecular flexibility index (Phi) is 3.03. The van der Waals surface area contributed by atoms with Gasteiger partial charge in [0.1, 0.15) is 17.4 Å². The molecule has 3 nitrogen and oxygen atoms in total. The highest BCUT2D eigenvalue weighted by Gasteiger charge is 2.11. The van der Waals surface area contributed by atoms with Crippen molar-refractivity contribution in [2.24, 2.45) is 0 Å². The predicted octanol–water partition coefficient (Wildman–Crippen LogP) is 2.07. The van der Waals surface area contributed by atoms with E-state index in [1.165, 1.54) is 6.92 Å². The lowest BCUT2D eigenvalue weighted by molar-refractivity contribution is -0.113. The third-order valence-electron chi connectivity index (χ3n) is 1.75. The van der Waals surface area contributed by atoms with E-state index < -0.39 is 5.78 Å². The van der Waals surface area contributed by atoms with Gasteiger partial charge < -0.3 is 5.11 Å². The fraction of sp³-hybridized carbons (Fsp3) is 0.0909. The van der Waals surface area contributed by atoms with Crippen LogP contribution in [0, 0.1) is 11.3 Å². The molecule has 0 heterocycles. The van der Waals surface area contributed by atoms with Gasteiger partial charge in [0.15, 0.2) is 5.78 Å². The van der Waals surface area contributed by atoms with E-state index in [-0.39, 0.29) is 11.3 Å². The van der Waals surface area contributed by atoms with E-state index in [0.29, 0.717) is 5.56 Å². The molecule has 0 saturated carbocycles. The zero-order valence-electron chi connectivity index (χ0n) is 7.69. The number of allylic oxidation sites excluding steroid dienone is 1. The average molecular weight is 187 g/mol. The van der Waals surface area contributed by atoms with Gasteiger partial charge in [0, 0.05) is 12.5 Å². The number of carbonyl (C=O) groups excluding carboxylic acids is 1. The third kappa shape index (κ3) is 1.99. The monoisotopic (exact) mass is 187 g/mol.